The highest BCUT2D eigenvalue weighted by molar-refractivity contribution is 5.74. The van der Waals surface area contributed by atoms with Crippen LogP contribution >= 0.6 is 0 Å². The highest BCUT2D eigenvalue weighted by Gasteiger charge is 2.54. The van der Waals surface area contributed by atoms with Crippen LogP contribution in [0.25, 0.3) is 0 Å². The third-order valence-electron chi connectivity index (χ3n) is 4.36. The van der Waals surface area contributed by atoms with Crippen molar-refractivity contribution in [3.05, 3.63) is 53.6 Å². The Bertz CT molecular complexity index is 804. The van der Waals surface area contributed by atoms with Crippen molar-refractivity contribution in [2.24, 2.45) is 5.73 Å². The number of halogens is 4. The van der Waals surface area contributed by atoms with Crippen molar-refractivity contribution >= 4 is 11.4 Å². The van der Waals surface area contributed by atoms with E-state index in [1.165, 1.54) is 6.07 Å². The molecule has 2 rings (SSSR count). The highest BCUT2D eigenvalue weighted by atomic mass is 19.3. The molecule has 2 aromatic rings. The fourth-order valence-electron chi connectivity index (χ4n) is 2.67. The first kappa shape index (κ1) is 23.8. The van der Waals surface area contributed by atoms with E-state index in [0.717, 1.165) is 11.1 Å². The third-order valence-corrected chi connectivity index (χ3v) is 4.36. The lowest BCUT2D eigenvalue weighted by Crippen LogP contribution is -2.50. The Morgan fingerprint density at radius 3 is 2.37 bits per heavy atom. The van der Waals surface area contributed by atoms with Gasteiger partial charge in [-0.05, 0) is 30.2 Å². The number of hydrogen-bond acceptors (Lipinski definition) is 5. The Balaban J connectivity index is 1.91. The van der Waals surface area contributed by atoms with Crippen LogP contribution in [0.5, 0.6) is 5.75 Å². The normalized spacial score (nSPS) is 12.1. The van der Waals surface area contributed by atoms with Gasteiger partial charge in [-0.3, -0.25) is 0 Å². The van der Waals surface area contributed by atoms with Gasteiger partial charge in [-0.1, -0.05) is 30.3 Å². The minimum absolute atomic E-state index is 0.0401. The van der Waals surface area contributed by atoms with E-state index < -0.39 is 24.9 Å². The summed E-state index contributed by atoms with van der Waals surface area (Å²) >= 11 is 0. The first-order valence-corrected chi connectivity index (χ1v) is 9.50. The zero-order valence-electron chi connectivity index (χ0n) is 16.8. The SMILES string of the molecule is Cc1cc(N)c(NCC(F)(F)C(F)(F)CN)c(OCCCOCc2ccccc2)c1. The monoisotopic (exact) mass is 429 g/mol. The molecule has 0 aliphatic heterocycles. The lowest BCUT2D eigenvalue weighted by Gasteiger charge is -2.26. The van der Waals surface area contributed by atoms with Crippen LogP contribution in [0.3, 0.4) is 0 Å². The molecule has 0 aliphatic carbocycles. The summed E-state index contributed by atoms with van der Waals surface area (Å²) in [5.74, 6) is -8.47. The Kier molecular flexibility index (Phi) is 8.31. The topological polar surface area (TPSA) is 82.5 Å². The van der Waals surface area contributed by atoms with Crippen molar-refractivity contribution in [3.63, 3.8) is 0 Å². The summed E-state index contributed by atoms with van der Waals surface area (Å²) in [7, 11) is 0. The zero-order valence-corrected chi connectivity index (χ0v) is 16.8. The average molecular weight is 429 g/mol. The number of nitrogens with two attached hydrogens (primary N) is 2. The molecule has 0 saturated heterocycles. The molecule has 0 saturated carbocycles. The number of nitrogens with one attached hydrogen (secondary N) is 1. The lowest BCUT2D eigenvalue weighted by atomic mass is 10.1. The van der Waals surface area contributed by atoms with Gasteiger partial charge in [-0.25, -0.2) is 0 Å². The maximum absolute atomic E-state index is 13.8. The molecule has 9 heteroatoms. The van der Waals surface area contributed by atoms with Gasteiger partial charge in [0.1, 0.15) is 11.4 Å². The Labute approximate surface area is 173 Å². The van der Waals surface area contributed by atoms with Crippen molar-refractivity contribution in [2.45, 2.75) is 31.8 Å². The standard InChI is InChI=1S/C21H27F4N3O2/c1-15-10-17(27)19(28-14-21(24,25)20(22,23)13-26)18(11-15)30-9-5-8-29-12-16-6-3-2-4-7-16/h2-4,6-7,10-11,28H,5,8-9,12-14,26-27H2,1H3. The maximum Gasteiger partial charge on any atom is 0.328 e. The molecule has 0 radical (unpaired) electrons. The van der Waals surface area contributed by atoms with Gasteiger partial charge >= 0.3 is 11.8 Å². The second-order valence-corrected chi connectivity index (χ2v) is 6.93. The van der Waals surface area contributed by atoms with E-state index >= 15 is 0 Å². The number of ether oxygens (including phenoxy) is 2. The first-order valence-electron chi connectivity index (χ1n) is 9.50. The number of aryl methyl sites for hydroxylation is 1. The van der Waals surface area contributed by atoms with Gasteiger partial charge in [0.2, 0.25) is 0 Å². The molecule has 0 spiro atoms. The molecule has 0 amide bonds. The smallest absolute Gasteiger partial charge is 0.328 e. The Morgan fingerprint density at radius 1 is 1.00 bits per heavy atom. The van der Waals surface area contributed by atoms with Gasteiger partial charge in [0.25, 0.3) is 0 Å². The molecule has 0 fully saturated rings. The predicted molar refractivity (Wildman–Crippen MR) is 109 cm³/mol. The molecule has 166 valence electrons. The first-order chi connectivity index (χ1) is 14.2. The fourth-order valence-corrected chi connectivity index (χ4v) is 2.67. The fraction of sp³-hybridized carbons (Fsp3) is 0.429. The van der Waals surface area contributed by atoms with Crippen LogP contribution in [0, 0.1) is 6.92 Å². The molecule has 0 atom stereocenters. The summed E-state index contributed by atoms with van der Waals surface area (Å²) in [6.45, 7) is 0.0997. The summed E-state index contributed by atoms with van der Waals surface area (Å²) in [5, 5.41) is 2.30. The highest BCUT2D eigenvalue weighted by Crippen LogP contribution is 2.37. The Morgan fingerprint density at radius 2 is 1.70 bits per heavy atom. The van der Waals surface area contributed by atoms with Gasteiger partial charge in [-0.2, -0.15) is 17.6 Å². The molecular weight excluding hydrogens is 402 g/mol. The molecule has 5 nitrogen and oxygen atoms in total. The van der Waals surface area contributed by atoms with Crippen LogP contribution in [0.4, 0.5) is 28.9 Å². The molecule has 0 aliphatic rings. The minimum Gasteiger partial charge on any atom is -0.491 e. The predicted octanol–water partition coefficient (Wildman–Crippen LogP) is 4.20. The third kappa shape index (κ3) is 6.50. The molecule has 30 heavy (non-hydrogen) atoms. The van der Waals surface area contributed by atoms with Gasteiger partial charge in [0.15, 0.2) is 0 Å². The summed E-state index contributed by atoms with van der Waals surface area (Å²) in [6.07, 6.45) is 0.543. The van der Waals surface area contributed by atoms with Crippen LogP contribution in [-0.4, -0.2) is 38.1 Å². The van der Waals surface area contributed by atoms with Crippen molar-refractivity contribution in [2.75, 3.05) is 37.4 Å². The number of anilines is 2. The quantitative estimate of drug-likeness (QED) is 0.268. The molecule has 0 aromatic heterocycles. The lowest BCUT2D eigenvalue weighted by molar-refractivity contribution is -0.193. The average Bonchev–Trinajstić information content (AvgIpc) is 2.70. The molecular formula is C21H27F4N3O2. The van der Waals surface area contributed by atoms with Crippen LogP contribution in [-0.2, 0) is 11.3 Å². The van der Waals surface area contributed by atoms with Gasteiger partial charge in [0, 0.05) is 6.42 Å². The van der Waals surface area contributed by atoms with Crippen LogP contribution in [0.15, 0.2) is 42.5 Å². The van der Waals surface area contributed by atoms with Crippen molar-refractivity contribution < 1.29 is 27.0 Å². The van der Waals surface area contributed by atoms with E-state index in [9.17, 15) is 17.6 Å². The van der Waals surface area contributed by atoms with Gasteiger partial charge in [0.05, 0.1) is 38.6 Å². The number of rotatable bonds is 12. The number of hydrogen-bond donors (Lipinski definition) is 3. The second-order valence-electron chi connectivity index (χ2n) is 6.93. The van der Waals surface area contributed by atoms with Gasteiger partial charge < -0.3 is 26.3 Å². The summed E-state index contributed by atoms with van der Waals surface area (Å²) in [4.78, 5) is 0. The van der Waals surface area contributed by atoms with E-state index in [0.29, 0.717) is 19.6 Å². The zero-order chi connectivity index (χ0) is 22.2. The number of alkyl halides is 4. The maximum atomic E-state index is 13.8. The molecule has 2 aromatic carbocycles. The second kappa shape index (κ2) is 10.5. The summed E-state index contributed by atoms with van der Waals surface area (Å²) in [5.41, 5.74) is 12.6. The van der Waals surface area contributed by atoms with E-state index in [2.05, 4.69) is 5.32 Å². The van der Waals surface area contributed by atoms with E-state index in [4.69, 9.17) is 20.9 Å². The van der Waals surface area contributed by atoms with Crippen LogP contribution in [0.1, 0.15) is 17.5 Å². The van der Waals surface area contributed by atoms with Gasteiger partial charge in [-0.15, -0.1) is 0 Å². The van der Waals surface area contributed by atoms with E-state index in [-0.39, 0.29) is 23.7 Å². The van der Waals surface area contributed by atoms with Crippen LogP contribution in [0.2, 0.25) is 0 Å². The molecule has 5 N–H and O–H groups in total. The van der Waals surface area contributed by atoms with Crippen molar-refractivity contribution in [1.29, 1.82) is 0 Å². The van der Waals surface area contributed by atoms with E-state index in [1.807, 2.05) is 30.3 Å². The largest absolute Gasteiger partial charge is 0.491 e. The van der Waals surface area contributed by atoms with Crippen molar-refractivity contribution in [1.82, 2.24) is 0 Å². The molecule has 0 unspecified atom stereocenters. The summed E-state index contributed by atoms with van der Waals surface area (Å²) < 4.78 is 65.5. The van der Waals surface area contributed by atoms with Crippen molar-refractivity contribution in [3.8, 4) is 5.75 Å². The number of benzene rings is 2. The van der Waals surface area contributed by atoms with Crippen LogP contribution < -0.4 is 21.5 Å². The van der Waals surface area contributed by atoms with E-state index in [1.54, 1.807) is 13.0 Å². The summed E-state index contributed by atoms with van der Waals surface area (Å²) in [6, 6.07) is 12.8. The number of nitrogen functional groups attached to an aromatic ring is 1. The molecule has 0 bridgehead atoms. The molecule has 0 heterocycles. The Hall–Kier alpha value is -2.52. The minimum atomic E-state index is -4.35.